The van der Waals surface area contributed by atoms with E-state index in [1.807, 2.05) is 38.1 Å². The standard InChI is InChI=1S/C16H21NO3/c1-12-3-4-13(2)16(7-12)20-11-15(18)9-17-8-14-5-6-19-10-14/h3-7,10,15,17-18H,8-9,11H2,1-2H3. The number of nitrogens with one attached hydrogen (secondary N) is 1. The minimum atomic E-state index is -0.540. The largest absolute Gasteiger partial charge is 0.491 e. The van der Waals surface area contributed by atoms with Crippen molar-refractivity contribution in [3.63, 3.8) is 0 Å². The van der Waals surface area contributed by atoms with Gasteiger partial charge in [0.25, 0.3) is 0 Å². The average molecular weight is 275 g/mol. The van der Waals surface area contributed by atoms with Crippen molar-refractivity contribution < 1.29 is 14.3 Å². The Bertz CT molecular complexity index is 523. The molecule has 1 heterocycles. The zero-order valence-corrected chi connectivity index (χ0v) is 11.9. The van der Waals surface area contributed by atoms with E-state index in [-0.39, 0.29) is 6.61 Å². The molecule has 0 amide bonds. The van der Waals surface area contributed by atoms with Crippen molar-refractivity contribution in [2.45, 2.75) is 26.5 Å². The molecule has 0 fully saturated rings. The van der Waals surface area contributed by atoms with Gasteiger partial charge in [-0.2, -0.15) is 0 Å². The molecule has 0 saturated heterocycles. The average Bonchev–Trinajstić information content (AvgIpc) is 2.93. The van der Waals surface area contributed by atoms with Gasteiger partial charge in [-0.3, -0.25) is 0 Å². The van der Waals surface area contributed by atoms with Crippen LogP contribution in [0.5, 0.6) is 5.75 Å². The molecule has 2 N–H and O–H groups in total. The number of ether oxygens (including phenoxy) is 1. The van der Waals surface area contributed by atoms with Crippen molar-refractivity contribution in [2.24, 2.45) is 0 Å². The maximum absolute atomic E-state index is 9.89. The first-order valence-corrected chi connectivity index (χ1v) is 6.75. The predicted molar refractivity (Wildman–Crippen MR) is 77.8 cm³/mol. The van der Waals surface area contributed by atoms with Crippen LogP contribution in [0.15, 0.2) is 41.2 Å². The maximum atomic E-state index is 9.89. The molecule has 2 rings (SSSR count). The Morgan fingerprint density at radius 3 is 2.90 bits per heavy atom. The second kappa shape index (κ2) is 7.12. The Morgan fingerprint density at radius 2 is 2.15 bits per heavy atom. The van der Waals surface area contributed by atoms with Crippen molar-refractivity contribution in [2.75, 3.05) is 13.2 Å². The third-order valence-corrected chi connectivity index (χ3v) is 3.06. The second-order valence-corrected chi connectivity index (χ2v) is 5.00. The number of aliphatic hydroxyl groups is 1. The van der Waals surface area contributed by atoms with Crippen LogP contribution in [0.3, 0.4) is 0 Å². The highest BCUT2D eigenvalue weighted by Gasteiger charge is 2.07. The Kier molecular flexibility index (Phi) is 5.21. The highest BCUT2D eigenvalue weighted by Crippen LogP contribution is 2.19. The van der Waals surface area contributed by atoms with E-state index < -0.39 is 6.10 Å². The van der Waals surface area contributed by atoms with E-state index in [0.29, 0.717) is 13.1 Å². The highest BCUT2D eigenvalue weighted by atomic mass is 16.5. The predicted octanol–water partition coefficient (Wildman–Crippen LogP) is 2.43. The van der Waals surface area contributed by atoms with Crippen LogP contribution in [0.4, 0.5) is 0 Å². The second-order valence-electron chi connectivity index (χ2n) is 5.00. The molecule has 108 valence electrons. The minimum absolute atomic E-state index is 0.280. The smallest absolute Gasteiger partial charge is 0.122 e. The molecular weight excluding hydrogens is 254 g/mol. The summed E-state index contributed by atoms with van der Waals surface area (Å²) in [5.41, 5.74) is 3.29. The molecule has 1 unspecified atom stereocenters. The van der Waals surface area contributed by atoms with Crippen molar-refractivity contribution >= 4 is 0 Å². The van der Waals surface area contributed by atoms with Crippen LogP contribution in [0, 0.1) is 13.8 Å². The van der Waals surface area contributed by atoms with Gasteiger partial charge in [0.05, 0.1) is 12.5 Å². The maximum Gasteiger partial charge on any atom is 0.122 e. The number of hydrogen-bond donors (Lipinski definition) is 2. The van der Waals surface area contributed by atoms with Gasteiger partial charge in [-0.1, -0.05) is 12.1 Å². The van der Waals surface area contributed by atoms with Crippen LogP contribution >= 0.6 is 0 Å². The summed E-state index contributed by atoms with van der Waals surface area (Å²) >= 11 is 0. The summed E-state index contributed by atoms with van der Waals surface area (Å²) in [6.07, 6.45) is 2.78. The topological polar surface area (TPSA) is 54.6 Å². The number of aryl methyl sites for hydroxylation is 2. The molecule has 1 atom stereocenters. The van der Waals surface area contributed by atoms with E-state index in [4.69, 9.17) is 9.15 Å². The van der Waals surface area contributed by atoms with Crippen molar-refractivity contribution in [3.05, 3.63) is 53.5 Å². The molecule has 0 aliphatic rings. The number of hydrogen-bond acceptors (Lipinski definition) is 4. The van der Waals surface area contributed by atoms with Crippen LogP contribution in [0.25, 0.3) is 0 Å². The summed E-state index contributed by atoms with van der Waals surface area (Å²) < 4.78 is 10.6. The Labute approximate surface area is 119 Å². The summed E-state index contributed by atoms with van der Waals surface area (Å²) in [7, 11) is 0. The first-order chi connectivity index (χ1) is 9.65. The number of aliphatic hydroxyl groups excluding tert-OH is 1. The van der Waals surface area contributed by atoms with Gasteiger partial charge in [-0.05, 0) is 37.1 Å². The van der Waals surface area contributed by atoms with Crippen molar-refractivity contribution in [1.82, 2.24) is 5.32 Å². The molecule has 0 saturated carbocycles. The number of benzene rings is 1. The van der Waals surface area contributed by atoms with Gasteiger partial charge < -0.3 is 19.6 Å². The molecule has 4 heteroatoms. The first kappa shape index (κ1) is 14.6. The Morgan fingerprint density at radius 1 is 1.30 bits per heavy atom. The van der Waals surface area contributed by atoms with Crippen molar-refractivity contribution in [1.29, 1.82) is 0 Å². The fraction of sp³-hybridized carbons (Fsp3) is 0.375. The number of furan rings is 1. The van der Waals surface area contributed by atoms with E-state index >= 15 is 0 Å². The first-order valence-electron chi connectivity index (χ1n) is 6.75. The third kappa shape index (κ3) is 4.40. The molecule has 1 aromatic carbocycles. The van der Waals surface area contributed by atoms with Gasteiger partial charge >= 0.3 is 0 Å². The van der Waals surface area contributed by atoms with Gasteiger partial charge in [-0.25, -0.2) is 0 Å². The third-order valence-electron chi connectivity index (χ3n) is 3.06. The van der Waals surface area contributed by atoms with E-state index in [2.05, 4.69) is 5.32 Å². The van der Waals surface area contributed by atoms with Gasteiger partial charge in [0.1, 0.15) is 18.5 Å². The van der Waals surface area contributed by atoms with Gasteiger partial charge in [0.15, 0.2) is 0 Å². The lowest BCUT2D eigenvalue weighted by molar-refractivity contribution is 0.106. The molecule has 20 heavy (non-hydrogen) atoms. The normalized spacial score (nSPS) is 12.3. The summed E-state index contributed by atoms with van der Waals surface area (Å²) in [5, 5.41) is 13.0. The Balaban J connectivity index is 1.71. The fourth-order valence-corrected chi connectivity index (χ4v) is 1.88. The van der Waals surface area contributed by atoms with Gasteiger partial charge in [0.2, 0.25) is 0 Å². The zero-order chi connectivity index (χ0) is 14.4. The van der Waals surface area contributed by atoms with Crippen LogP contribution in [0.2, 0.25) is 0 Å². The lowest BCUT2D eigenvalue weighted by Crippen LogP contribution is -2.31. The lowest BCUT2D eigenvalue weighted by atomic mass is 10.1. The van der Waals surface area contributed by atoms with Crippen LogP contribution in [-0.4, -0.2) is 24.4 Å². The van der Waals surface area contributed by atoms with Crippen molar-refractivity contribution in [3.8, 4) is 5.75 Å². The highest BCUT2D eigenvalue weighted by molar-refractivity contribution is 5.35. The molecule has 4 nitrogen and oxygen atoms in total. The molecule has 1 aromatic heterocycles. The zero-order valence-electron chi connectivity index (χ0n) is 11.9. The fourth-order valence-electron chi connectivity index (χ4n) is 1.88. The quantitative estimate of drug-likeness (QED) is 0.815. The monoisotopic (exact) mass is 275 g/mol. The van der Waals surface area contributed by atoms with E-state index in [9.17, 15) is 5.11 Å². The summed E-state index contributed by atoms with van der Waals surface area (Å²) in [6, 6.07) is 7.95. The summed E-state index contributed by atoms with van der Waals surface area (Å²) in [4.78, 5) is 0. The lowest BCUT2D eigenvalue weighted by Gasteiger charge is -2.14. The molecule has 0 radical (unpaired) electrons. The summed E-state index contributed by atoms with van der Waals surface area (Å²) in [6.45, 7) is 5.46. The van der Waals surface area contributed by atoms with Crippen LogP contribution < -0.4 is 10.1 Å². The molecule has 2 aromatic rings. The van der Waals surface area contributed by atoms with E-state index in [1.54, 1.807) is 12.5 Å². The number of rotatable bonds is 7. The molecule has 0 spiro atoms. The SMILES string of the molecule is Cc1ccc(C)c(OCC(O)CNCc2ccoc2)c1. The Hall–Kier alpha value is -1.78. The van der Waals surface area contributed by atoms with Gasteiger partial charge in [-0.15, -0.1) is 0 Å². The molecule has 0 aliphatic carbocycles. The van der Waals surface area contributed by atoms with Crippen LogP contribution in [-0.2, 0) is 6.54 Å². The van der Waals surface area contributed by atoms with Crippen LogP contribution in [0.1, 0.15) is 16.7 Å². The molecular formula is C16H21NO3. The van der Waals surface area contributed by atoms with Gasteiger partial charge in [0, 0.05) is 18.7 Å². The molecule has 0 aliphatic heterocycles. The molecule has 0 bridgehead atoms. The van der Waals surface area contributed by atoms with E-state index in [0.717, 1.165) is 22.4 Å². The minimum Gasteiger partial charge on any atom is -0.491 e. The van der Waals surface area contributed by atoms with E-state index in [1.165, 1.54) is 0 Å². The summed E-state index contributed by atoms with van der Waals surface area (Å²) in [5.74, 6) is 0.832.